The molecule has 104 valence electrons. The maximum Gasteiger partial charge on any atom is 0.325 e. The molecular weight excluding hydrogens is 286 g/mol. The zero-order valence-electron chi connectivity index (χ0n) is 10.3. The van der Waals surface area contributed by atoms with Gasteiger partial charge in [0, 0.05) is 17.6 Å². The number of hydrogen-bond acceptors (Lipinski definition) is 4. The van der Waals surface area contributed by atoms with E-state index in [0.29, 0.717) is 10.6 Å². The van der Waals surface area contributed by atoms with Crippen LogP contribution in [0.15, 0.2) is 24.3 Å². The number of aromatic nitrogens is 3. The van der Waals surface area contributed by atoms with Gasteiger partial charge in [-0.15, -0.1) is 0 Å². The molecule has 0 radical (unpaired) electrons. The first-order valence-electron chi connectivity index (χ1n) is 5.52. The van der Waals surface area contributed by atoms with Gasteiger partial charge in [-0.25, -0.2) is 4.98 Å². The number of rotatable bonds is 4. The van der Waals surface area contributed by atoms with Crippen molar-refractivity contribution in [1.29, 1.82) is 0 Å². The molecule has 7 nitrogen and oxygen atoms in total. The fourth-order valence-electron chi connectivity index (χ4n) is 1.70. The van der Waals surface area contributed by atoms with E-state index in [1.54, 1.807) is 24.3 Å². The fraction of sp³-hybridized carbons (Fsp3) is 0.167. The maximum atomic E-state index is 11.0. The van der Waals surface area contributed by atoms with Crippen molar-refractivity contribution in [2.75, 3.05) is 0 Å². The minimum absolute atomic E-state index is 0.144. The van der Waals surface area contributed by atoms with E-state index in [4.69, 9.17) is 21.8 Å². The maximum absolute atomic E-state index is 11.0. The molecule has 0 unspecified atom stereocenters. The van der Waals surface area contributed by atoms with Gasteiger partial charge in [-0.05, 0) is 24.3 Å². The van der Waals surface area contributed by atoms with Crippen LogP contribution in [0.4, 0.5) is 0 Å². The van der Waals surface area contributed by atoms with Crippen LogP contribution < -0.4 is 0 Å². The second kappa shape index (κ2) is 5.30. The molecule has 0 amide bonds. The molecule has 0 spiro atoms. The van der Waals surface area contributed by atoms with Gasteiger partial charge in [-0.3, -0.25) is 14.3 Å². The Labute approximate surface area is 118 Å². The van der Waals surface area contributed by atoms with Crippen molar-refractivity contribution in [3.8, 4) is 11.4 Å². The van der Waals surface area contributed by atoms with Gasteiger partial charge in [0.1, 0.15) is 0 Å². The summed E-state index contributed by atoms with van der Waals surface area (Å²) in [5, 5.41) is 22.5. The van der Waals surface area contributed by atoms with Gasteiger partial charge < -0.3 is 10.2 Å². The molecule has 2 aromatic rings. The molecule has 0 bridgehead atoms. The van der Waals surface area contributed by atoms with Crippen molar-refractivity contribution in [1.82, 2.24) is 14.8 Å². The molecule has 20 heavy (non-hydrogen) atoms. The van der Waals surface area contributed by atoms with Crippen molar-refractivity contribution in [3.05, 3.63) is 35.1 Å². The lowest BCUT2D eigenvalue weighted by Crippen LogP contribution is -2.24. The molecule has 1 heterocycles. The third-order valence-electron chi connectivity index (χ3n) is 2.65. The zero-order valence-corrected chi connectivity index (χ0v) is 11.1. The van der Waals surface area contributed by atoms with Crippen LogP contribution >= 0.6 is 11.6 Å². The molecule has 0 fully saturated rings. The highest BCUT2D eigenvalue weighted by Crippen LogP contribution is 2.21. The Balaban J connectivity index is 2.46. The summed E-state index contributed by atoms with van der Waals surface area (Å²) in [6.45, 7) is 0. The summed E-state index contributed by atoms with van der Waals surface area (Å²) in [5.41, 5.74) is 0.616. The summed E-state index contributed by atoms with van der Waals surface area (Å²) in [4.78, 5) is 26.0. The van der Waals surface area contributed by atoms with Crippen LogP contribution in [0.2, 0.25) is 5.02 Å². The highest BCUT2D eigenvalue weighted by molar-refractivity contribution is 6.30. The van der Waals surface area contributed by atoms with Gasteiger partial charge in [0.05, 0.1) is 0 Å². The van der Waals surface area contributed by atoms with Gasteiger partial charge in [0.15, 0.2) is 11.6 Å². The first-order chi connectivity index (χ1) is 9.40. The second-order valence-electron chi connectivity index (χ2n) is 4.03. The quantitative estimate of drug-likeness (QED) is 0.826. The van der Waals surface area contributed by atoms with E-state index in [1.807, 2.05) is 0 Å². The number of carbonyl (C=O) groups is 2. The number of aliphatic carboxylic acids is 2. The lowest BCUT2D eigenvalue weighted by molar-refractivity contribution is -0.150. The monoisotopic (exact) mass is 295 g/mol. The first-order valence-corrected chi connectivity index (χ1v) is 5.90. The Bertz CT molecular complexity index is 652. The topological polar surface area (TPSA) is 105 Å². The van der Waals surface area contributed by atoms with Crippen LogP contribution in [0.5, 0.6) is 0 Å². The van der Waals surface area contributed by atoms with Crippen LogP contribution in [0.3, 0.4) is 0 Å². The minimum Gasteiger partial charge on any atom is -0.480 e. The molecule has 0 aliphatic carbocycles. The summed E-state index contributed by atoms with van der Waals surface area (Å²) in [6, 6.07) is 6.60. The molecule has 1 aromatic carbocycles. The lowest BCUT2D eigenvalue weighted by Gasteiger charge is -2.04. The van der Waals surface area contributed by atoms with Crippen molar-refractivity contribution < 1.29 is 19.8 Å². The molecule has 0 atom stereocenters. The molecule has 0 aliphatic heterocycles. The zero-order chi connectivity index (χ0) is 14.9. The summed E-state index contributed by atoms with van der Waals surface area (Å²) in [5.74, 6) is -4.64. The Kier molecular flexibility index (Phi) is 3.71. The van der Waals surface area contributed by atoms with Crippen molar-refractivity contribution in [2.24, 2.45) is 7.05 Å². The number of carboxylic acids is 2. The number of benzene rings is 1. The van der Waals surface area contributed by atoms with Crippen LogP contribution in [-0.4, -0.2) is 36.9 Å². The van der Waals surface area contributed by atoms with E-state index in [9.17, 15) is 9.59 Å². The average Bonchev–Trinajstić information content (AvgIpc) is 2.71. The first kappa shape index (κ1) is 14.0. The highest BCUT2D eigenvalue weighted by atomic mass is 35.5. The molecule has 0 saturated carbocycles. The Hall–Kier alpha value is -2.41. The van der Waals surface area contributed by atoms with Gasteiger partial charge in [-0.2, -0.15) is 5.10 Å². The van der Waals surface area contributed by atoms with E-state index in [2.05, 4.69) is 10.1 Å². The van der Waals surface area contributed by atoms with Gasteiger partial charge in [0.2, 0.25) is 5.92 Å². The molecular formula is C12H10ClN3O4. The Morgan fingerprint density at radius 3 is 2.25 bits per heavy atom. The minimum atomic E-state index is -1.76. The fourth-order valence-corrected chi connectivity index (χ4v) is 1.82. The summed E-state index contributed by atoms with van der Waals surface area (Å²) >= 11 is 5.77. The van der Waals surface area contributed by atoms with E-state index >= 15 is 0 Å². The summed E-state index contributed by atoms with van der Waals surface area (Å²) < 4.78 is 1.15. The number of aryl methyl sites for hydroxylation is 1. The van der Waals surface area contributed by atoms with E-state index in [1.165, 1.54) is 7.05 Å². The largest absolute Gasteiger partial charge is 0.480 e. The van der Waals surface area contributed by atoms with Crippen molar-refractivity contribution in [3.63, 3.8) is 0 Å². The number of hydrogen-bond donors (Lipinski definition) is 2. The van der Waals surface area contributed by atoms with Crippen molar-refractivity contribution >= 4 is 23.5 Å². The third-order valence-corrected chi connectivity index (χ3v) is 2.90. The SMILES string of the molecule is Cn1nc(-c2ccc(Cl)cc2)nc1C(C(=O)O)C(=O)O. The summed E-state index contributed by atoms with van der Waals surface area (Å²) in [6.07, 6.45) is 0. The standard InChI is InChI=1S/C12H10ClN3O4/c1-16-10(8(11(17)18)12(19)20)14-9(15-16)6-2-4-7(13)5-3-6/h2-5,8H,1H3,(H,17,18)(H,19,20). The molecule has 1 aromatic heterocycles. The molecule has 2 rings (SSSR count). The third kappa shape index (κ3) is 2.62. The predicted octanol–water partition coefficient (Wildman–Crippen LogP) is 1.39. The molecule has 8 heteroatoms. The van der Waals surface area contributed by atoms with Crippen LogP contribution in [0.25, 0.3) is 11.4 Å². The van der Waals surface area contributed by atoms with E-state index in [0.717, 1.165) is 4.68 Å². The second-order valence-corrected chi connectivity index (χ2v) is 4.47. The van der Waals surface area contributed by atoms with Crippen molar-refractivity contribution in [2.45, 2.75) is 5.92 Å². The highest BCUT2D eigenvalue weighted by Gasteiger charge is 2.33. The Morgan fingerprint density at radius 2 is 1.75 bits per heavy atom. The lowest BCUT2D eigenvalue weighted by atomic mass is 10.1. The van der Waals surface area contributed by atoms with Gasteiger partial charge in [0.25, 0.3) is 0 Å². The van der Waals surface area contributed by atoms with Crippen LogP contribution in [0.1, 0.15) is 11.7 Å². The molecule has 2 N–H and O–H groups in total. The Morgan fingerprint density at radius 1 is 1.20 bits per heavy atom. The predicted molar refractivity (Wildman–Crippen MR) is 69.5 cm³/mol. The van der Waals surface area contributed by atoms with Gasteiger partial charge in [-0.1, -0.05) is 11.6 Å². The van der Waals surface area contributed by atoms with E-state index < -0.39 is 17.9 Å². The van der Waals surface area contributed by atoms with E-state index in [-0.39, 0.29) is 11.6 Å². The number of nitrogens with zero attached hydrogens (tertiary/aromatic N) is 3. The smallest absolute Gasteiger partial charge is 0.325 e. The average molecular weight is 296 g/mol. The molecule has 0 aliphatic rings. The number of carboxylic acid groups (broad SMARTS) is 2. The van der Waals surface area contributed by atoms with Crippen LogP contribution in [-0.2, 0) is 16.6 Å². The summed E-state index contributed by atoms with van der Waals surface area (Å²) in [7, 11) is 1.45. The molecule has 0 saturated heterocycles. The van der Waals surface area contributed by atoms with Gasteiger partial charge >= 0.3 is 11.9 Å². The number of halogens is 1. The van der Waals surface area contributed by atoms with Crippen LogP contribution in [0, 0.1) is 0 Å². The normalized spacial score (nSPS) is 10.8.